The van der Waals surface area contributed by atoms with E-state index in [0.717, 1.165) is 19.3 Å². The fourth-order valence-electron chi connectivity index (χ4n) is 2.29. The third-order valence-corrected chi connectivity index (χ3v) is 3.56. The van der Waals surface area contributed by atoms with Crippen molar-refractivity contribution >= 4 is 12.0 Å². The Morgan fingerprint density at radius 3 is 2.76 bits per heavy atom. The van der Waals surface area contributed by atoms with Gasteiger partial charge in [0.05, 0.1) is 0 Å². The summed E-state index contributed by atoms with van der Waals surface area (Å²) in [5.41, 5.74) is 2.36. The minimum Gasteiger partial charge on any atom is -0.480 e. The second-order valence-corrected chi connectivity index (χ2v) is 5.69. The molecule has 0 aromatic heterocycles. The van der Waals surface area contributed by atoms with Crippen molar-refractivity contribution in [2.75, 3.05) is 19.6 Å². The van der Waals surface area contributed by atoms with Crippen LogP contribution in [0.1, 0.15) is 24.0 Å². The Balaban J connectivity index is 1.79. The average molecular weight is 290 g/mol. The summed E-state index contributed by atoms with van der Waals surface area (Å²) < 4.78 is 0. The molecule has 0 unspecified atom stereocenters. The third kappa shape index (κ3) is 5.45. The topological polar surface area (TPSA) is 69.6 Å². The first-order valence-corrected chi connectivity index (χ1v) is 7.34. The van der Waals surface area contributed by atoms with E-state index >= 15 is 0 Å². The fourth-order valence-corrected chi connectivity index (χ4v) is 2.29. The van der Waals surface area contributed by atoms with Crippen LogP contribution < -0.4 is 5.32 Å². The lowest BCUT2D eigenvalue weighted by Gasteiger charge is -2.21. The molecule has 0 atom stereocenters. The number of rotatable bonds is 7. The Kier molecular flexibility index (Phi) is 5.20. The highest BCUT2D eigenvalue weighted by atomic mass is 16.4. The van der Waals surface area contributed by atoms with Crippen molar-refractivity contribution in [2.24, 2.45) is 5.92 Å². The SMILES string of the molecule is Cc1cccc(CCNC(=O)N(CC(=O)O)CC2CC2)c1. The van der Waals surface area contributed by atoms with E-state index < -0.39 is 5.97 Å². The number of carbonyl (C=O) groups is 2. The maximum atomic E-state index is 12.1. The number of nitrogens with zero attached hydrogens (tertiary/aromatic N) is 1. The summed E-state index contributed by atoms with van der Waals surface area (Å²) in [7, 11) is 0. The molecule has 21 heavy (non-hydrogen) atoms. The van der Waals surface area contributed by atoms with Crippen molar-refractivity contribution in [1.29, 1.82) is 0 Å². The van der Waals surface area contributed by atoms with Crippen molar-refractivity contribution in [2.45, 2.75) is 26.2 Å². The molecule has 0 spiro atoms. The number of carboxylic acid groups (broad SMARTS) is 1. The molecule has 0 bridgehead atoms. The Labute approximate surface area is 125 Å². The Hall–Kier alpha value is -2.04. The van der Waals surface area contributed by atoms with Gasteiger partial charge in [0, 0.05) is 13.1 Å². The minimum atomic E-state index is -0.968. The minimum absolute atomic E-state index is 0.229. The fraction of sp³-hybridized carbons (Fsp3) is 0.500. The number of carboxylic acids is 1. The normalized spacial score (nSPS) is 13.8. The molecule has 0 heterocycles. The molecule has 2 amide bonds. The number of aryl methyl sites for hydroxylation is 1. The van der Waals surface area contributed by atoms with Crippen LogP contribution in [0.15, 0.2) is 24.3 Å². The molecule has 1 aromatic rings. The first-order valence-electron chi connectivity index (χ1n) is 7.34. The molecule has 0 saturated heterocycles. The van der Waals surface area contributed by atoms with E-state index in [-0.39, 0.29) is 12.6 Å². The first-order chi connectivity index (χ1) is 10.0. The Bertz CT molecular complexity index is 512. The monoisotopic (exact) mass is 290 g/mol. The standard InChI is InChI=1S/C16H22N2O3/c1-12-3-2-4-13(9-12)7-8-17-16(21)18(11-15(19)20)10-14-5-6-14/h2-4,9,14H,5-8,10-11H2,1H3,(H,17,21)(H,19,20). The van der Waals surface area contributed by atoms with E-state index in [1.807, 2.05) is 25.1 Å². The highest BCUT2D eigenvalue weighted by molar-refractivity contribution is 5.80. The van der Waals surface area contributed by atoms with Crippen LogP contribution in [-0.2, 0) is 11.2 Å². The number of nitrogens with one attached hydrogen (secondary N) is 1. The van der Waals surface area contributed by atoms with Crippen LogP contribution in [0, 0.1) is 12.8 Å². The van der Waals surface area contributed by atoms with Gasteiger partial charge in [-0.1, -0.05) is 29.8 Å². The van der Waals surface area contributed by atoms with Gasteiger partial charge in [-0.25, -0.2) is 4.79 Å². The molecular formula is C16H22N2O3. The van der Waals surface area contributed by atoms with Gasteiger partial charge in [-0.2, -0.15) is 0 Å². The molecule has 2 N–H and O–H groups in total. The molecule has 2 rings (SSSR count). The lowest BCUT2D eigenvalue weighted by atomic mass is 10.1. The molecule has 114 valence electrons. The summed E-state index contributed by atoms with van der Waals surface area (Å²) in [5.74, 6) is -0.489. The summed E-state index contributed by atoms with van der Waals surface area (Å²) in [4.78, 5) is 24.3. The number of urea groups is 1. The van der Waals surface area contributed by atoms with Crippen molar-refractivity contribution in [3.8, 4) is 0 Å². The van der Waals surface area contributed by atoms with Crippen LogP contribution in [0.3, 0.4) is 0 Å². The summed E-state index contributed by atoms with van der Waals surface area (Å²) in [5, 5.41) is 11.7. The number of amides is 2. The van der Waals surface area contributed by atoms with Gasteiger partial charge < -0.3 is 15.3 Å². The van der Waals surface area contributed by atoms with Gasteiger partial charge in [-0.15, -0.1) is 0 Å². The maximum absolute atomic E-state index is 12.1. The number of carbonyl (C=O) groups excluding carboxylic acids is 1. The summed E-state index contributed by atoms with van der Waals surface area (Å²) >= 11 is 0. The van der Waals surface area contributed by atoms with Gasteiger partial charge in [0.1, 0.15) is 6.54 Å². The van der Waals surface area contributed by atoms with Gasteiger partial charge in [-0.3, -0.25) is 4.79 Å². The van der Waals surface area contributed by atoms with Crippen molar-refractivity contribution in [1.82, 2.24) is 10.2 Å². The molecule has 1 aromatic carbocycles. The molecule has 5 nitrogen and oxygen atoms in total. The molecule has 5 heteroatoms. The maximum Gasteiger partial charge on any atom is 0.323 e. The van der Waals surface area contributed by atoms with E-state index in [1.54, 1.807) is 0 Å². The lowest BCUT2D eigenvalue weighted by Crippen LogP contribution is -2.44. The zero-order valence-electron chi connectivity index (χ0n) is 12.3. The van der Waals surface area contributed by atoms with Gasteiger partial charge in [0.25, 0.3) is 0 Å². The zero-order valence-corrected chi connectivity index (χ0v) is 12.3. The van der Waals surface area contributed by atoms with E-state index in [1.165, 1.54) is 16.0 Å². The summed E-state index contributed by atoms with van der Waals surface area (Å²) in [6, 6.07) is 7.86. The van der Waals surface area contributed by atoms with E-state index in [4.69, 9.17) is 5.11 Å². The molecule has 0 aliphatic heterocycles. The van der Waals surface area contributed by atoms with Gasteiger partial charge in [0.2, 0.25) is 0 Å². The average Bonchev–Trinajstić information content (AvgIpc) is 3.21. The second-order valence-electron chi connectivity index (χ2n) is 5.69. The van der Waals surface area contributed by atoms with Crippen LogP contribution >= 0.6 is 0 Å². The smallest absolute Gasteiger partial charge is 0.323 e. The van der Waals surface area contributed by atoms with Crippen LogP contribution in [0.2, 0.25) is 0 Å². The lowest BCUT2D eigenvalue weighted by molar-refractivity contribution is -0.137. The van der Waals surface area contributed by atoms with E-state index in [0.29, 0.717) is 19.0 Å². The van der Waals surface area contributed by atoms with Gasteiger partial charge in [-0.05, 0) is 37.7 Å². The molecule has 1 aliphatic carbocycles. The Morgan fingerprint density at radius 1 is 1.38 bits per heavy atom. The zero-order chi connectivity index (χ0) is 15.2. The predicted molar refractivity (Wildman–Crippen MR) is 80.2 cm³/mol. The molecule has 1 fully saturated rings. The highest BCUT2D eigenvalue weighted by Crippen LogP contribution is 2.29. The first kappa shape index (κ1) is 15.4. The van der Waals surface area contributed by atoms with Crippen LogP contribution in [-0.4, -0.2) is 41.6 Å². The molecule has 1 saturated carbocycles. The quantitative estimate of drug-likeness (QED) is 0.807. The van der Waals surface area contributed by atoms with Crippen LogP contribution in [0.4, 0.5) is 4.79 Å². The summed E-state index contributed by atoms with van der Waals surface area (Å²) in [6.07, 6.45) is 2.93. The van der Waals surface area contributed by atoms with Crippen molar-refractivity contribution in [3.05, 3.63) is 35.4 Å². The largest absolute Gasteiger partial charge is 0.480 e. The number of hydrogen-bond acceptors (Lipinski definition) is 2. The summed E-state index contributed by atoms with van der Waals surface area (Å²) in [6.45, 7) is 2.87. The predicted octanol–water partition coefficient (Wildman–Crippen LogP) is 2.04. The second kappa shape index (κ2) is 7.11. The third-order valence-electron chi connectivity index (χ3n) is 3.56. The highest BCUT2D eigenvalue weighted by Gasteiger charge is 2.27. The van der Waals surface area contributed by atoms with Crippen LogP contribution in [0.25, 0.3) is 0 Å². The molecule has 0 radical (unpaired) electrons. The molecular weight excluding hydrogens is 268 g/mol. The number of aliphatic carboxylic acids is 1. The number of hydrogen-bond donors (Lipinski definition) is 2. The van der Waals surface area contributed by atoms with Gasteiger partial charge in [0.15, 0.2) is 0 Å². The van der Waals surface area contributed by atoms with Crippen molar-refractivity contribution in [3.63, 3.8) is 0 Å². The molecule has 1 aliphatic rings. The Morgan fingerprint density at radius 2 is 2.14 bits per heavy atom. The van der Waals surface area contributed by atoms with Crippen LogP contribution in [0.5, 0.6) is 0 Å². The van der Waals surface area contributed by atoms with Gasteiger partial charge >= 0.3 is 12.0 Å². The van der Waals surface area contributed by atoms with E-state index in [2.05, 4.69) is 11.4 Å². The number of benzene rings is 1. The van der Waals surface area contributed by atoms with E-state index in [9.17, 15) is 9.59 Å². The van der Waals surface area contributed by atoms with Crippen molar-refractivity contribution < 1.29 is 14.7 Å².